The van der Waals surface area contributed by atoms with Crippen LogP contribution in [0.3, 0.4) is 0 Å². The van der Waals surface area contributed by atoms with Gasteiger partial charge in [-0.25, -0.2) is 9.78 Å². The molecule has 0 saturated heterocycles. The molecule has 188 valence electrons. The van der Waals surface area contributed by atoms with Crippen molar-refractivity contribution in [3.8, 4) is 5.75 Å². The number of Topliss-reactive ketones (excluding diaryl/α,β-unsaturated/α-hetero) is 1. The lowest BCUT2D eigenvalue weighted by atomic mass is 9.72. The summed E-state index contributed by atoms with van der Waals surface area (Å²) >= 11 is 0. The van der Waals surface area contributed by atoms with Gasteiger partial charge in [0.15, 0.2) is 18.2 Å². The standard InChI is InChI=1S/C31H30N2O4/c1-20-28(31(35)37-17-14-21-6-4-3-5-7-21)29(23-12-15-32-16-13-23)30-26(33-20)18-24(19-27(30)34)22-8-10-25(36-2)11-9-22/h3-13,15-16,24,29,33H,14,17-19H2,1-2H3/p+1. The third kappa shape index (κ3) is 5.19. The van der Waals surface area contributed by atoms with E-state index in [2.05, 4.69) is 10.3 Å². The highest BCUT2D eigenvalue weighted by Gasteiger charge is 2.41. The molecule has 0 amide bonds. The lowest BCUT2D eigenvalue weighted by Crippen LogP contribution is -2.36. The number of H-pyrrole nitrogens is 1. The summed E-state index contributed by atoms with van der Waals surface area (Å²) in [5.41, 5.74) is 5.86. The molecule has 5 rings (SSSR count). The van der Waals surface area contributed by atoms with Gasteiger partial charge in [0.05, 0.1) is 19.3 Å². The number of methoxy groups -OCH3 is 1. The summed E-state index contributed by atoms with van der Waals surface area (Å²) in [5.74, 6) is 0.0302. The number of benzene rings is 2. The number of pyridine rings is 1. The number of ether oxygens (including phenoxy) is 2. The molecule has 6 heteroatoms. The van der Waals surface area contributed by atoms with Crippen LogP contribution in [0.15, 0.2) is 102 Å². The van der Waals surface area contributed by atoms with E-state index in [1.807, 2.05) is 86.0 Å². The van der Waals surface area contributed by atoms with Crippen LogP contribution in [-0.4, -0.2) is 25.5 Å². The van der Waals surface area contributed by atoms with Gasteiger partial charge in [-0.05, 0) is 48.1 Å². The second-order valence-corrected chi connectivity index (χ2v) is 9.50. The molecule has 2 N–H and O–H groups in total. The minimum Gasteiger partial charge on any atom is -0.497 e. The maximum absolute atomic E-state index is 13.7. The first-order chi connectivity index (χ1) is 18.0. The topological polar surface area (TPSA) is 78.8 Å². The molecule has 37 heavy (non-hydrogen) atoms. The average molecular weight is 496 g/mol. The Labute approximate surface area is 217 Å². The van der Waals surface area contributed by atoms with Gasteiger partial charge in [-0.3, -0.25) is 4.79 Å². The van der Waals surface area contributed by atoms with Crippen molar-refractivity contribution in [3.63, 3.8) is 0 Å². The number of aromatic amines is 1. The lowest BCUT2D eigenvalue weighted by Gasteiger charge is -2.36. The highest BCUT2D eigenvalue weighted by molar-refractivity contribution is 6.04. The number of dihydropyridines is 1. The largest absolute Gasteiger partial charge is 0.497 e. The number of hydrogen-bond donors (Lipinski definition) is 1. The molecule has 2 atom stereocenters. The number of aromatic nitrogens is 1. The maximum atomic E-state index is 13.7. The Morgan fingerprint density at radius 3 is 2.41 bits per heavy atom. The van der Waals surface area contributed by atoms with E-state index in [1.54, 1.807) is 7.11 Å². The van der Waals surface area contributed by atoms with Crippen LogP contribution in [0.1, 0.15) is 48.3 Å². The zero-order valence-corrected chi connectivity index (χ0v) is 21.1. The quantitative estimate of drug-likeness (QED) is 0.483. The summed E-state index contributed by atoms with van der Waals surface area (Å²) in [4.78, 5) is 30.2. The summed E-state index contributed by atoms with van der Waals surface area (Å²) in [5, 5.41) is 3.41. The normalized spacial score (nSPS) is 19.2. The van der Waals surface area contributed by atoms with Gasteiger partial charge >= 0.3 is 5.97 Å². The molecule has 1 aromatic heterocycles. The van der Waals surface area contributed by atoms with Gasteiger partial charge in [-0.2, -0.15) is 0 Å². The van der Waals surface area contributed by atoms with Gasteiger partial charge < -0.3 is 14.8 Å². The number of nitrogens with one attached hydrogen (secondary N) is 2. The van der Waals surface area contributed by atoms with Crippen molar-refractivity contribution in [2.45, 2.75) is 38.0 Å². The smallest absolute Gasteiger partial charge is 0.336 e. The molecule has 2 aliphatic rings. The first-order valence-electron chi connectivity index (χ1n) is 12.6. The SMILES string of the molecule is COc1ccc(C2CC(=O)C3=C(C2)NC(C)=C(C(=O)OCCc2ccccc2)C3c2cc[nH+]cc2)cc1. The van der Waals surface area contributed by atoms with Gasteiger partial charge in [0.2, 0.25) is 0 Å². The van der Waals surface area contributed by atoms with Crippen LogP contribution in [0, 0.1) is 0 Å². The monoisotopic (exact) mass is 495 g/mol. The fourth-order valence-corrected chi connectivity index (χ4v) is 5.33. The molecule has 1 aliphatic carbocycles. The lowest BCUT2D eigenvalue weighted by molar-refractivity contribution is -0.378. The Morgan fingerprint density at radius 1 is 0.973 bits per heavy atom. The number of rotatable bonds is 7. The summed E-state index contributed by atoms with van der Waals surface area (Å²) in [6.07, 6.45) is 5.35. The fraction of sp³-hybridized carbons (Fsp3) is 0.258. The molecular weight excluding hydrogens is 464 g/mol. The Hall–Kier alpha value is -4.19. The molecule has 6 nitrogen and oxygen atoms in total. The van der Waals surface area contributed by atoms with E-state index in [9.17, 15) is 9.59 Å². The Bertz CT molecular complexity index is 1340. The number of carbonyl (C=O) groups is 2. The first-order valence-corrected chi connectivity index (χ1v) is 12.6. The van der Waals surface area contributed by atoms with Crippen LogP contribution in [-0.2, 0) is 20.7 Å². The van der Waals surface area contributed by atoms with E-state index in [0.29, 0.717) is 30.4 Å². The van der Waals surface area contributed by atoms with E-state index in [4.69, 9.17) is 9.47 Å². The summed E-state index contributed by atoms with van der Waals surface area (Å²) in [6.45, 7) is 2.16. The van der Waals surface area contributed by atoms with Crippen molar-refractivity contribution in [2.75, 3.05) is 13.7 Å². The molecule has 0 fully saturated rings. The zero-order chi connectivity index (χ0) is 25.8. The fourth-order valence-electron chi connectivity index (χ4n) is 5.33. The van der Waals surface area contributed by atoms with Crippen LogP contribution in [0.25, 0.3) is 0 Å². The number of allylic oxidation sites excluding steroid dienone is 3. The van der Waals surface area contributed by atoms with Crippen LogP contribution >= 0.6 is 0 Å². The van der Waals surface area contributed by atoms with E-state index >= 15 is 0 Å². The van der Waals surface area contributed by atoms with Gasteiger partial charge in [-0.1, -0.05) is 42.5 Å². The van der Waals surface area contributed by atoms with Crippen molar-refractivity contribution in [1.29, 1.82) is 0 Å². The van der Waals surface area contributed by atoms with Crippen molar-refractivity contribution in [2.24, 2.45) is 0 Å². The summed E-state index contributed by atoms with van der Waals surface area (Å²) in [6, 6.07) is 21.7. The van der Waals surface area contributed by atoms with Crippen molar-refractivity contribution in [3.05, 3.63) is 118 Å². The number of ketones is 1. The first kappa shape index (κ1) is 24.5. The Morgan fingerprint density at radius 2 is 1.70 bits per heavy atom. The second kappa shape index (κ2) is 10.8. The van der Waals surface area contributed by atoms with E-state index in [0.717, 1.165) is 33.8 Å². The molecule has 3 aromatic rings. The van der Waals surface area contributed by atoms with Crippen LogP contribution in [0.4, 0.5) is 0 Å². The second-order valence-electron chi connectivity index (χ2n) is 9.50. The van der Waals surface area contributed by atoms with Crippen molar-refractivity contribution >= 4 is 11.8 Å². The van der Waals surface area contributed by atoms with Crippen LogP contribution < -0.4 is 15.0 Å². The zero-order valence-electron chi connectivity index (χ0n) is 21.1. The molecular formula is C31H31N2O4+. The molecule has 1 aliphatic heterocycles. The summed E-state index contributed by atoms with van der Waals surface area (Å²) in [7, 11) is 1.64. The van der Waals surface area contributed by atoms with Gasteiger partial charge in [0, 0.05) is 47.9 Å². The third-order valence-electron chi connectivity index (χ3n) is 7.18. The van der Waals surface area contributed by atoms with Gasteiger partial charge in [0.25, 0.3) is 0 Å². The van der Waals surface area contributed by atoms with Crippen LogP contribution in [0.5, 0.6) is 5.75 Å². The van der Waals surface area contributed by atoms with E-state index < -0.39 is 11.9 Å². The Balaban J connectivity index is 1.43. The average Bonchev–Trinajstić information content (AvgIpc) is 2.93. The maximum Gasteiger partial charge on any atom is 0.336 e. The highest BCUT2D eigenvalue weighted by Crippen LogP contribution is 2.45. The molecule has 0 spiro atoms. The molecule has 0 saturated carbocycles. The number of esters is 1. The summed E-state index contributed by atoms with van der Waals surface area (Å²) < 4.78 is 11.0. The molecule has 2 heterocycles. The Kier molecular flexibility index (Phi) is 7.17. The van der Waals surface area contributed by atoms with Crippen molar-refractivity contribution in [1.82, 2.24) is 5.32 Å². The number of hydrogen-bond acceptors (Lipinski definition) is 5. The van der Waals surface area contributed by atoms with Crippen LogP contribution in [0.2, 0.25) is 0 Å². The minimum absolute atomic E-state index is 0.0505. The molecule has 2 aromatic carbocycles. The predicted molar refractivity (Wildman–Crippen MR) is 140 cm³/mol. The minimum atomic E-state index is -0.473. The molecule has 2 unspecified atom stereocenters. The van der Waals surface area contributed by atoms with Crippen molar-refractivity contribution < 1.29 is 24.0 Å². The van der Waals surface area contributed by atoms with Gasteiger partial charge in [-0.15, -0.1) is 0 Å². The number of carbonyl (C=O) groups excluding carboxylic acids is 2. The predicted octanol–water partition coefficient (Wildman–Crippen LogP) is 4.66. The molecule has 0 bridgehead atoms. The third-order valence-corrected chi connectivity index (χ3v) is 7.18. The van der Waals surface area contributed by atoms with E-state index in [-0.39, 0.29) is 18.3 Å². The highest BCUT2D eigenvalue weighted by atomic mass is 16.5. The molecule has 0 radical (unpaired) electrons. The van der Waals surface area contributed by atoms with E-state index in [1.165, 1.54) is 0 Å². The van der Waals surface area contributed by atoms with Gasteiger partial charge in [0.1, 0.15) is 5.75 Å².